The minimum Gasteiger partial charge on any atom is -0.480 e. The Bertz CT molecular complexity index is 243. The van der Waals surface area contributed by atoms with Crippen LogP contribution in [0, 0.1) is 0 Å². The Labute approximate surface area is 96.8 Å². The van der Waals surface area contributed by atoms with Crippen molar-refractivity contribution in [1.82, 2.24) is 10.2 Å². The van der Waals surface area contributed by atoms with Crippen LogP contribution < -0.4 is 5.32 Å². The average molecular weight is 230 g/mol. The van der Waals surface area contributed by atoms with Crippen LogP contribution in [0.15, 0.2) is 0 Å². The zero-order valence-electron chi connectivity index (χ0n) is 10.5. The van der Waals surface area contributed by atoms with Gasteiger partial charge >= 0.3 is 5.97 Å². The van der Waals surface area contributed by atoms with Crippen LogP contribution in [0.1, 0.15) is 33.6 Å². The molecule has 16 heavy (non-hydrogen) atoms. The standard InChI is InChI=1S/C11H22N2O3/c1-5-6-8(2)12-11(16)9(3)13(4)7-10(14)15/h8-9H,5-7H2,1-4H3,(H,12,16)(H,14,15). The molecule has 0 spiro atoms. The van der Waals surface area contributed by atoms with Gasteiger partial charge in [-0.2, -0.15) is 0 Å². The fourth-order valence-corrected chi connectivity index (χ4v) is 1.42. The van der Waals surface area contributed by atoms with Crippen molar-refractivity contribution in [3.63, 3.8) is 0 Å². The highest BCUT2D eigenvalue weighted by molar-refractivity contribution is 5.82. The van der Waals surface area contributed by atoms with E-state index in [4.69, 9.17) is 5.11 Å². The van der Waals surface area contributed by atoms with E-state index in [2.05, 4.69) is 12.2 Å². The van der Waals surface area contributed by atoms with Crippen molar-refractivity contribution in [2.75, 3.05) is 13.6 Å². The summed E-state index contributed by atoms with van der Waals surface area (Å²) in [5.74, 6) is -1.05. The summed E-state index contributed by atoms with van der Waals surface area (Å²) in [6.45, 7) is 5.58. The monoisotopic (exact) mass is 230 g/mol. The molecule has 0 aliphatic rings. The zero-order valence-corrected chi connectivity index (χ0v) is 10.5. The molecule has 94 valence electrons. The van der Waals surface area contributed by atoms with Crippen LogP contribution in [0.2, 0.25) is 0 Å². The van der Waals surface area contributed by atoms with Crippen molar-refractivity contribution in [2.24, 2.45) is 0 Å². The first kappa shape index (κ1) is 14.9. The molecule has 2 atom stereocenters. The van der Waals surface area contributed by atoms with Gasteiger partial charge in [0.05, 0.1) is 12.6 Å². The van der Waals surface area contributed by atoms with Crippen molar-refractivity contribution >= 4 is 11.9 Å². The average Bonchev–Trinajstić information content (AvgIpc) is 2.15. The minimum atomic E-state index is -0.927. The van der Waals surface area contributed by atoms with E-state index in [9.17, 15) is 9.59 Å². The molecule has 0 aromatic rings. The lowest BCUT2D eigenvalue weighted by atomic mass is 10.2. The summed E-state index contributed by atoms with van der Waals surface area (Å²) >= 11 is 0. The largest absolute Gasteiger partial charge is 0.480 e. The van der Waals surface area contributed by atoms with Crippen LogP contribution in [0.25, 0.3) is 0 Å². The SMILES string of the molecule is CCCC(C)NC(=O)C(C)N(C)CC(=O)O. The maximum absolute atomic E-state index is 11.7. The van der Waals surface area contributed by atoms with E-state index in [0.717, 1.165) is 12.8 Å². The van der Waals surface area contributed by atoms with Gasteiger partial charge in [-0.15, -0.1) is 0 Å². The molecule has 0 aromatic carbocycles. The first-order chi connectivity index (χ1) is 7.38. The predicted octanol–water partition coefficient (Wildman–Crippen LogP) is 0.696. The number of carbonyl (C=O) groups is 2. The quantitative estimate of drug-likeness (QED) is 0.675. The van der Waals surface area contributed by atoms with Crippen molar-refractivity contribution in [2.45, 2.75) is 45.7 Å². The summed E-state index contributed by atoms with van der Waals surface area (Å²) in [5, 5.41) is 11.5. The Morgan fingerprint density at radius 1 is 1.38 bits per heavy atom. The van der Waals surface area contributed by atoms with Gasteiger partial charge in [0.2, 0.25) is 5.91 Å². The van der Waals surface area contributed by atoms with E-state index >= 15 is 0 Å². The second-order valence-electron chi connectivity index (χ2n) is 4.18. The fourth-order valence-electron chi connectivity index (χ4n) is 1.42. The number of nitrogens with one attached hydrogen (secondary N) is 1. The number of hydrogen-bond donors (Lipinski definition) is 2. The van der Waals surface area contributed by atoms with Crippen LogP contribution in [0.4, 0.5) is 0 Å². The molecule has 0 saturated carbocycles. The summed E-state index contributed by atoms with van der Waals surface area (Å²) in [6.07, 6.45) is 1.95. The Hall–Kier alpha value is -1.10. The van der Waals surface area contributed by atoms with Gasteiger partial charge in [0.15, 0.2) is 0 Å². The second-order valence-corrected chi connectivity index (χ2v) is 4.18. The molecule has 0 aliphatic carbocycles. The normalized spacial score (nSPS) is 14.6. The molecule has 0 heterocycles. The van der Waals surface area contributed by atoms with E-state index in [-0.39, 0.29) is 18.5 Å². The molecular formula is C11H22N2O3. The van der Waals surface area contributed by atoms with Gasteiger partial charge in [0.1, 0.15) is 0 Å². The molecule has 0 radical (unpaired) electrons. The highest BCUT2D eigenvalue weighted by atomic mass is 16.4. The van der Waals surface area contributed by atoms with E-state index in [0.29, 0.717) is 0 Å². The number of nitrogens with zero attached hydrogens (tertiary/aromatic N) is 1. The van der Waals surface area contributed by atoms with Gasteiger partial charge in [-0.1, -0.05) is 13.3 Å². The van der Waals surface area contributed by atoms with Gasteiger partial charge < -0.3 is 10.4 Å². The van der Waals surface area contributed by atoms with Gasteiger partial charge in [-0.3, -0.25) is 14.5 Å². The predicted molar refractivity (Wildman–Crippen MR) is 62.2 cm³/mol. The number of hydrogen-bond acceptors (Lipinski definition) is 3. The molecule has 0 rings (SSSR count). The Morgan fingerprint density at radius 3 is 2.38 bits per heavy atom. The molecule has 2 N–H and O–H groups in total. The van der Waals surface area contributed by atoms with E-state index in [1.165, 1.54) is 4.90 Å². The molecule has 1 amide bonds. The van der Waals surface area contributed by atoms with Crippen LogP contribution in [0.5, 0.6) is 0 Å². The lowest BCUT2D eigenvalue weighted by molar-refractivity contribution is -0.139. The molecule has 0 saturated heterocycles. The second kappa shape index (κ2) is 7.22. The molecule has 2 unspecified atom stereocenters. The molecule has 0 fully saturated rings. The summed E-state index contributed by atoms with van der Waals surface area (Å²) in [7, 11) is 1.63. The Kier molecular flexibility index (Phi) is 6.72. The number of carbonyl (C=O) groups excluding carboxylic acids is 1. The van der Waals surface area contributed by atoms with Gasteiger partial charge in [0, 0.05) is 6.04 Å². The smallest absolute Gasteiger partial charge is 0.317 e. The first-order valence-corrected chi connectivity index (χ1v) is 5.60. The number of rotatable bonds is 7. The zero-order chi connectivity index (χ0) is 12.7. The lowest BCUT2D eigenvalue weighted by Crippen LogP contribution is -2.47. The van der Waals surface area contributed by atoms with E-state index in [1.54, 1.807) is 14.0 Å². The van der Waals surface area contributed by atoms with E-state index < -0.39 is 12.0 Å². The molecule has 0 aliphatic heterocycles. The summed E-state index contributed by atoms with van der Waals surface area (Å²) in [6, 6.07) is -0.284. The van der Waals surface area contributed by atoms with Crippen molar-refractivity contribution in [3.05, 3.63) is 0 Å². The lowest BCUT2D eigenvalue weighted by Gasteiger charge is -2.23. The summed E-state index contributed by atoms with van der Waals surface area (Å²) in [4.78, 5) is 23.7. The number of carboxylic acids is 1. The molecule has 0 bridgehead atoms. The molecule has 5 nitrogen and oxygen atoms in total. The Balaban J connectivity index is 4.11. The highest BCUT2D eigenvalue weighted by Crippen LogP contribution is 1.99. The highest BCUT2D eigenvalue weighted by Gasteiger charge is 2.20. The number of carboxylic acid groups (broad SMARTS) is 1. The van der Waals surface area contributed by atoms with Crippen LogP contribution >= 0.6 is 0 Å². The van der Waals surface area contributed by atoms with Crippen molar-refractivity contribution < 1.29 is 14.7 Å². The summed E-state index contributed by atoms with van der Waals surface area (Å²) < 4.78 is 0. The van der Waals surface area contributed by atoms with E-state index in [1.807, 2.05) is 6.92 Å². The first-order valence-electron chi connectivity index (χ1n) is 5.60. The number of aliphatic carboxylic acids is 1. The third kappa shape index (κ3) is 5.70. The maximum atomic E-state index is 11.7. The van der Waals surface area contributed by atoms with Gasteiger partial charge in [0.25, 0.3) is 0 Å². The summed E-state index contributed by atoms with van der Waals surface area (Å²) in [5.41, 5.74) is 0. The van der Waals surface area contributed by atoms with Crippen LogP contribution in [0.3, 0.4) is 0 Å². The maximum Gasteiger partial charge on any atom is 0.317 e. The number of amides is 1. The Morgan fingerprint density at radius 2 is 1.94 bits per heavy atom. The third-order valence-corrected chi connectivity index (χ3v) is 2.54. The van der Waals surface area contributed by atoms with Gasteiger partial charge in [-0.05, 0) is 27.3 Å². The third-order valence-electron chi connectivity index (χ3n) is 2.54. The van der Waals surface area contributed by atoms with Crippen molar-refractivity contribution in [1.29, 1.82) is 0 Å². The minimum absolute atomic E-state index is 0.121. The van der Waals surface area contributed by atoms with Crippen molar-refractivity contribution in [3.8, 4) is 0 Å². The molecule has 5 heteroatoms. The number of likely N-dealkylation sites (N-methyl/N-ethyl adjacent to an activating group) is 1. The fraction of sp³-hybridized carbons (Fsp3) is 0.818. The topological polar surface area (TPSA) is 69.6 Å². The molecular weight excluding hydrogens is 208 g/mol. The van der Waals surface area contributed by atoms with Gasteiger partial charge in [-0.25, -0.2) is 0 Å². The van der Waals surface area contributed by atoms with Crippen LogP contribution in [-0.4, -0.2) is 47.6 Å². The van der Waals surface area contributed by atoms with Crippen LogP contribution in [-0.2, 0) is 9.59 Å². The molecule has 0 aromatic heterocycles.